The molecule has 2 heteroatoms. The monoisotopic (exact) mass is 142 g/mol. The largest absolute Gasteiger partial charge is 0.502 e. The summed E-state index contributed by atoms with van der Waals surface area (Å²) in [6.07, 6.45) is 3.06. The van der Waals surface area contributed by atoms with Gasteiger partial charge in [-0.1, -0.05) is 13.5 Å². The van der Waals surface area contributed by atoms with Crippen LogP contribution in [0.25, 0.3) is 0 Å². The smallest absolute Gasteiger partial charge is 0.0876 e. The third kappa shape index (κ3) is 2.40. The molecule has 2 atom stereocenters. The van der Waals surface area contributed by atoms with Crippen molar-refractivity contribution in [2.24, 2.45) is 5.92 Å². The summed E-state index contributed by atoms with van der Waals surface area (Å²) >= 11 is 0. The Morgan fingerprint density at radius 3 is 3.10 bits per heavy atom. The number of epoxide rings is 1. The van der Waals surface area contributed by atoms with E-state index in [4.69, 9.17) is 9.47 Å². The van der Waals surface area contributed by atoms with Gasteiger partial charge in [0.05, 0.1) is 25.6 Å². The van der Waals surface area contributed by atoms with Gasteiger partial charge in [-0.3, -0.25) is 0 Å². The Balaban J connectivity index is 1.95. The maximum absolute atomic E-state index is 5.12. The van der Waals surface area contributed by atoms with Gasteiger partial charge in [-0.05, 0) is 12.3 Å². The van der Waals surface area contributed by atoms with E-state index >= 15 is 0 Å². The van der Waals surface area contributed by atoms with Gasteiger partial charge in [0.1, 0.15) is 0 Å². The highest BCUT2D eigenvalue weighted by Crippen LogP contribution is 2.22. The summed E-state index contributed by atoms with van der Waals surface area (Å²) in [7, 11) is 0. The second-order valence-electron chi connectivity index (χ2n) is 2.68. The molecular weight excluding hydrogens is 128 g/mol. The molecule has 2 nitrogen and oxygen atoms in total. The Kier molecular flexibility index (Phi) is 2.75. The Morgan fingerprint density at radius 1 is 1.90 bits per heavy atom. The van der Waals surface area contributed by atoms with Crippen molar-refractivity contribution >= 4 is 0 Å². The van der Waals surface area contributed by atoms with Crippen LogP contribution in [-0.2, 0) is 9.47 Å². The molecule has 0 amide bonds. The molecule has 1 aliphatic heterocycles. The number of ether oxygens (including phenoxy) is 2. The van der Waals surface area contributed by atoms with Gasteiger partial charge in [0.15, 0.2) is 0 Å². The molecule has 0 aromatic heterocycles. The second-order valence-corrected chi connectivity index (χ2v) is 2.68. The summed E-state index contributed by atoms with van der Waals surface area (Å²) < 4.78 is 10.1. The topological polar surface area (TPSA) is 21.8 Å². The molecule has 1 aliphatic rings. The van der Waals surface area contributed by atoms with Crippen molar-refractivity contribution in [3.63, 3.8) is 0 Å². The summed E-state index contributed by atoms with van der Waals surface area (Å²) in [6.45, 7) is 7.36. The lowest BCUT2D eigenvalue weighted by Crippen LogP contribution is -2.05. The van der Waals surface area contributed by atoms with Gasteiger partial charge in [0, 0.05) is 0 Å². The van der Waals surface area contributed by atoms with Crippen molar-refractivity contribution in [1.82, 2.24) is 0 Å². The molecule has 0 aromatic carbocycles. The van der Waals surface area contributed by atoms with Gasteiger partial charge in [0.25, 0.3) is 0 Å². The minimum absolute atomic E-state index is 0.508. The summed E-state index contributed by atoms with van der Waals surface area (Å²) in [5.41, 5.74) is 0. The quantitative estimate of drug-likeness (QED) is 0.330. The molecule has 1 fully saturated rings. The maximum Gasteiger partial charge on any atom is 0.0876 e. The van der Waals surface area contributed by atoms with Crippen LogP contribution < -0.4 is 0 Å². The molecular formula is C8H14O2. The van der Waals surface area contributed by atoms with Crippen LogP contribution in [0.1, 0.15) is 13.3 Å². The fraction of sp³-hybridized carbons (Fsp3) is 0.750. The zero-order valence-electron chi connectivity index (χ0n) is 6.38. The lowest BCUT2D eigenvalue weighted by molar-refractivity contribution is 0.212. The van der Waals surface area contributed by atoms with Crippen molar-refractivity contribution < 1.29 is 9.47 Å². The number of hydrogen-bond donors (Lipinski definition) is 0. The van der Waals surface area contributed by atoms with Gasteiger partial charge >= 0.3 is 0 Å². The minimum Gasteiger partial charge on any atom is -0.502 e. The first-order chi connectivity index (χ1) is 4.84. The van der Waals surface area contributed by atoms with Crippen LogP contribution in [-0.4, -0.2) is 19.3 Å². The Bertz CT molecular complexity index is 108. The minimum atomic E-state index is 0.508. The summed E-state index contributed by atoms with van der Waals surface area (Å²) in [4.78, 5) is 0. The summed E-state index contributed by atoms with van der Waals surface area (Å²) in [5, 5.41) is 0. The lowest BCUT2D eigenvalue weighted by atomic mass is 10.1. The van der Waals surface area contributed by atoms with E-state index in [1.807, 2.05) is 0 Å². The van der Waals surface area contributed by atoms with Crippen LogP contribution in [0, 0.1) is 5.92 Å². The van der Waals surface area contributed by atoms with Crippen molar-refractivity contribution in [2.75, 3.05) is 13.2 Å². The van der Waals surface area contributed by atoms with E-state index in [1.54, 1.807) is 0 Å². The predicted octanol–water partition coefficient (Wildman–Crippen LogP) is 1.57. The first kappa shape index (κ1) is 7.61. The van der Waals surface area contributed by atoms with E-state index in [2.05, 4.69) is 13.5 Å². The van der Waals surface area contributed by atoms with Crippen LogP contribution in [0.15, 0.2) is 12.8 Å². The molecule has 0 radical (unpaired) electrons. The zero-order valence-corrected chi connectivity index (χ0v) is 6.38. The van der Waals surface area contributed by atoms with Gasteiger partial charge in [0.2, 0.25) is 0 Å². The van der Waals surface area contributed by atoms with Gasteiger partial charge < -0.3 is 9.47 Å². The second kappa shape index (κ2) is 3.62. The summed E-state index contributed by atoms with van der Waals surface area (Å²) in [5.74, 6) is 0.639. The molecule has 0 saturated carbocycles. The number of rotatable bonds is 5. The van der Waals surface area contributed by atoms with E-state index in [9.17, 15) is 0 Å². The Morgan fingerprint density at radius 2 is 2.60 bits per heavy atom. The van der Waals surface area contributed by atoms with E-state index in [-0.39, 0.29) is 0 Å². The SMILES string of the molecule is C=COCCC(C)C1CO1. The molecule has 58 valence electrons. The Labute approximate surface area is 61.8 Å². The zero-order chi connectivity index (χ0) is 7.40. The molecule has 0 N–H and O–H groups in total. The van der Waals surface area contributed by atoms with Crippen LogP contribution >= 0.6 is 0 Å². The van der Waals surface area contributed by atoms with Gasteiger partial charge in [-0.15, -0.1) is 0 Å². The molecule has 1 heterocycles. The first-order valence-corrected chi connectivity index (χ1v) is 3.68. The fourth-order valence-electron chi connectivity index (χ4n) is 0.907. The van der Waals surface area contributed by atoms with Crippen molar-refractivity contribution in [3.8, 4) is 0 Å². The molecule has 1 saturated heterocycles. The third-order valence-electron chi connectivity index (χ3n) is 1.80. The predicted molar refractivity (Wildman–Crippen MR) is 39.7 cm³/mol. The highest BCUT2D eigenvalue weighted by atomic mass is 16.6. The molecule has 2 unspecified atom stereocenters. The highest BCUT2D eigenvalue weighted by molar-refractivity contribution is 4.75. The molecule has 0 aromatic rings. The molecule has 0 aliphatic carbocycles. The van der Waals surface area contributed by atoms with E-state index in [1.165, 1.54) is 6.26 Å². The average Bonchev–Trinajstić information content (AvgIpc) is 2.69. The first-order valence-electron chi connectivity index (χ1n) is 3.68. The number of hydrogen-bond acceptors (Lipinski definition) is 2. The van der Waals surface area contributed by atoms with Crippen LogP contribution in [0.2, 0.25) is 0 Å². The van der Waals surface area contributed by atoms with Crippen LogP contribution in [0.3, 0.4) is 0 Å². The molecule has 0 bridgehead atoms. The standard InChI is InChI=1S/C8H14O2/c1-3-9-5-4-7(2)8-6-10-8/h3,7-8H,1,4-6H2,2H3. The normalized spacial score (nSPS) is 25.5. The summed E-state index contributed by atoms with van der Waals surface area (Å²) in [6, 6.07) is 0. The molecule has 0 spiro atoms. The van der Waals surface area contributed by atoms with E-state index in [0.717, 1.165) is 19.6 Å². The Hall–Kier alpha value is -0.500. The van der Waals surface area contributed by atoms with Gasteiger partial charge in [-0.2, -0.15) is 0 Å². The van der Waals surface area contributed by atoms with Crippen LogP contribution in [0.4, 0.5) is 0 Å². The fourth-order valence-corrected chi connectivity index (χ4v) is 0.907. The average molecular weight is 142 g/mol. The van der Waals surface area contributed by atoms with Crippen LogP contribution in [0.5, 0.6) is 0 Å². The third-order valence-corrected chi connectivity index (χ3v) is 1.80. The lowest BCUT2D eigenvalue weighted by Gasteiger charge is -2.05. The van der Waals surface area contributed by atoms with E-state index < -0.39 is 0 Å². The van der Waals surface area contributed by atoms with Crippen molar-refractivity contribution in [2.45, 2.75) is 19.4 Å². The van der Waals surface area contributed by atoms with Crippen molar-refractivity contribution in [1.29, 1.82) is 0 Å². The molecule has 1 rings (SSSR count). The highest BCUT2D eigenvalue weighted by Gasteiger charge is 2.28. The maximum atomic E-state index is 5.12. The van der Waals surface area contributed by atoms with Gasteiger partial charge in [-0.25, -0.2) is 0 Å². The van der Waals surface area contributed by atoms with E-state index in [0.29, 0.717) is 12.0 Å². The molecule has 10 heavy (non-hydrogen) atoms. The van der Waals surface area contributed by atoms with Crippen molar-refractivity contribution in [3.05, 3.63) is 12.8 Å².